The lowest BCUT2D eigenvalue weighted by Gasteiger charge is -2.33. The molecule has 7 nitrogen and oxygen atoms in total. The fraction of sp³-hybridized carbons (Fsp3) is 0.458. The second-order valence-corrected chi connectivity index (χ2v) is 8.72. The Balaban J connectivity index is 1.33. The molecule has 1 N–H and O–H groups in total. The minimum atomic E-state index is -0.927. The molecule has 2 fully saturated rings. The van der Waals surface area contributed by atoms with Gasteiger partial charge in [0.1, 0.15) is 5.82 Å². The van der Waals surface area contributed by atoms with Crippen molar-refractivity contribution < 1.29 is 19.4 Å². The number of imidazole rings is 1. The molecule has 0 spiro atoms. The Bertz CT molecular complexity index is 1070. The monoisotopic (exact) mass is 421 g/mol. The fourth-order valence-electron chi connectivity index (χ4n) is 4.80. The summed E-state index contributed by atoms with van der Waals surface area (Å²) in [5, 5.41) is 9.40. The van der Waals surface area contributed by atoms with Gasteiger partial charge < -0.3 is 14.4 Å². The molecule has 3 heterocycles. The van der Waals surface area contributed by atoms with Crippen LogP contribution < -0.4 is 0 Å². The second kappa shape index (κ2) is 8.40. The molecule has 1 aromatic carbocycles. The van der Waals surface area contributed by atoms with E-state index in [0.29, 0.717) is 18.9 Å². The van der Waals surface area contributed by atoms with Gasteiger partial charge in [0.25, 0.3) is 0 Å². The van der Waals surface area contributed by atoms with Crippen LogP contribution in [0.1, 0.15) is 41.9 Å². The highest BCUT2D eigenvalue weighted by Gasteiger charge is 2.27. The van der Waals surface area contributed by atoms with Crippen LogP contribution >= 0.6 is 0 Å². The SMILES string of the molecule is O=C1C=CC=C(C2CCN(Cc3nc4ccc(C(=O)O)cc4n3C[C@@H]3CCO3)CC2)C1. The maximum Gasteiger partial charge on any atom is 0.335 e. The van der Waals surface area contributed by atoms with Gasteiger partial charge in [0, 0.05) is 13.0 Å². The van der Waals surface area contributed by atoms with Crippen molar-refractivity contribution in [3.63, 3.8) is 0 Å². The predicted molar refractivity (Wildman–Crippen MR) is 116 cm³/mol. The second-order valence-electron chi connectivity index (χ2n) is 8.72. The third-order valence-electron chi connectivity index (χ3n) is 6.70. The Hall–Kier alpha value is -2.77. The number of fused-ring (bicyclic) bond motifs is 1. The zero-order valence-electron chi connectivity index (χ0n) is 17.5. The number of ketones is 1. The van der Waals surface area contributed by atoms with E-state index in [1.165, 1.54) is 5.57 Å². The van der Waals surface area contributed by atoms with Crippen LogP contribution in [0.2, 0.25) is 0 Å². The number of ether oxygens (including phenoxy) is 1. The van der Waals surface area contributed by atoms with Crippen molar-refractivity contribution in [1.82, 2.24) is 14.5 Å². The molecule has 0 amide bonds. The number of carbonyl (C=O) groups is 2. The van der Waals surface area contributed by atoms with Gasteiger partial charge in [-0.15, -0.1) is 0 Å². The highest BCUT2D eigenvalue weighted by molar-refractivity contribution is 5.93. The number of likely N-dealkylation sites (tertiary alicyclic amines) is 1. The summed E-state index contributed by atoms with van der Waals surface area (Å²) in [6.07, 6.45) is 9.48. The number of aromatic carboxylic acids is 1. The molecule has 2 aliphatic heterocycles. The number of carboxylic acid groups (broad SMARTS) is 1. The smallest absolute Gasteiger partial charge is 0.335 e. The lowest BCUT2D eigenvalue weighted by atomic mass is 9.84. The van der Waals surface area contributed by atoms with Crippen LogP contribution in [0.15, 0.2) is 42.0 Å². The molecule has 7 heteroatoms. The fourth-order valence-corrected chi connectivity index (χ4v) is 4.80. The molecule has 162 valence electrons. The Morgan fingerprint density at radius 1 is 1.23 bits per heavy atom. The van der Waals surface area contributed by atoms with Crippen molar-refractivity contribution >= 4 is 22.8 Å². The maximum atomic E-state index is 11.7. The van der Waals surface area contributed by atoms with Crippen molar-refractivity contribution in [3.8, 4) is 0 Å². The van der Waals surface area contributed by atoms with Gasteiger partial charge in [0.15, 0.2) is 5.78 Å². The number of nitrogens with zero attached hydrogens (tertiary/aromatic N) is 3. The number of piperidine rings is 1. The van der Waals surface area contributed by atoms with E-state index >= 15 is 0 Å². The van der Waals surface area contributed by atoms with Gasteiger partial charge in [0.05, 0.1) is 35.8 Å². The number of rotatable bonds is 6. The number of allylic oxidation sites excluding steroid dienone is 4. The predicted octanol–water partition coefficient (Wildman–Crippen LogP) is 3.19. The molecule has 5 rings (SSSR count). The summed E-state index contributed by atoms with van der Waals surface area (Å²) in [7, 11) is 0. The van der Waals surface area contributed by atoms with Gasteiger partial charge in [-0.1, -0.05) is 17.7 Å². The molecule has 0 bridgehead atoms. The van der Waals surface area contributed by atoms with E-state index in [2.05, 4.69) is 15.5 Å². The number of carbonyl (C=O) groups excluding carboxylic acids is 1. The third kappa shape index (κ3) is 4.20. The Labute approximate surface area is 181 Å². The van der Waals surface area contributed by atoms with Crippen LogP contribution in [0, 0.1) is 5.92 Å². The molecular weight excluding hydrogens is 394 g/mol. The summed E-state index contributed by atoms with van der Waals surface area (Å²) >= 11 is 0. The Kier molecular flexibility index (Phi) is 5.46. The van der Waals surface area contributed by atoms with Crippen molar-refractivity contribution in [2.24, 2.45) is 5.92 Å². The molecular formula is C24H27N3O4. The molecule has 0 radical (unpaired) electrons. The first kappa shape index (κ1) is 20.2. The molecule has 3 aliphatic rings. The van der Waals surface area contributed by atoms with Gasteiger partial charge in [-0.25, -0.2) is 9.78 Å². The standard InChI is InChI=1S/C24H27N3O4/c28-19-3-1-2-17(12-19)16-6-9-26(10-7-16)15-23-25-21-5-4-18(24(29)30)13-22(21)27(23)14-20-8-11-31-20/h1-5,13,16,20H,6-12,14-15H2,(H,29,30)/t20-/m0/s1. The summed E-state index contributed by atoms with van der Waals surface area (Å²) in [6, 6.07) is 5.14. The largest absolute Gasteiger partial charge is 0.478 e. The van der Waals surface area contributed by atoms with E-state index in [9.17, 15) is 14.7 Å². The van der Waals surface area contributed by atoms with E-state index in [1.807, 2.05) is 6.08 Å². The topological polar surface area (TPSA) is 84.7 Å². The number of hydrogen-bond donors (Lipinski definition) is 1. The molecule has 0 unspecified atom stereocenters. The van der Waals surface area contributed by atoms with E-state index in [0.717, 1.165) is 62.4 Å². The highest BCUT2D eigenvalue weighted by atomic mass is 16.5. The number of carboxylic acids is 1. The minimum absolute atomic E-state index is 0.166. The summed E-state index contributed by atoms with van der Waals surface area (Å²) in [5.41, 5.74) is 3.23. The molecule has 1 atom stereocenters. The first-order valence-corrected chi connectivity index (χ1v) is 11.0. The zero-order chi connectivity index (χ0) is 21.4. The summed E-state index contributed by atoms with van der Waals surface area (Å²) < 4.78 is 7.79. The van der Waals surface area contributed by atoms with Gasteiger partial charge in [-0.3, -0.25) is 9.69 Å². The van der Waals surface area contributed by atoms with Crippen molar-refractivity contribution in [3.05, 3.63) is 53.4 Å². The van der Waals surface area contributed by atoms with Crippen LogP contribution in [0.25, 0.3) is 11.0 Å². The van der Waals surface area contributed by atoms with Crippen LogP contribution in [-0.2, 0) is 22.6 Å². The normalized spacial score (nSPS) is 22.5. The lowest BCUT2D eigenvalue weighted by Crippen LogP contribution is -2.36. The van der Waals surface area contributed by atoms with E-state index in [4.69, 9.17) is 9.72 Å². The third-order valence-corrected chi connectivity index (χ3v) is 6.70. The van der Waals surface area contributed by atoms with Gasteiger partial charge in [-0.2, -0.15) is 0 Å². The first-order valence-electron chi connectivity index (χ1n) is 11.0. The van der Waals surface area contributed by atoms with E-state index < -0.39 is 5.97 Å². The van der Waals surface area contributed by atoms with E-state index in [1.54, 1.807) is 24.3 Å². The lowest BCUT2D eigenvalue weighted by molar-refractivity contribution is -0.114. The quantitative estimate of drug-likeness (QED) is 0.771. The summed E-state index contributed by atoms with van der Waals surface area (Å²) in [4.78, 5) is 30.4. The van der Waals surface area contributed by atoms with Crippen LogP contribution in [-0.4, -0.2) is 57.1 Å². The van der Waals surface area contributed by atoms with Crippen LogP contribution in [0.3, 0.4) is 0 Å². The molecule has 1 aliphatic carbocycles. The first-order chi connectivity index (χ1) is 15.1. The minimum Gasteiger partial charge on any atom is -0.478 e. The average molecular weight is 421 g/mol. The van der Waals surface area contributed by atoms with Crippen molar-refractivity contribution in [2.45, 2.75) is 44.9 Å². The average Bonchev–Trinajstić information content (AvgIpc) is 3.07. The molecule has 2 saturated heterocycles. The molecule has 2 aromatic rings. The zero-order valence-corrected chi connectivity index (χ0v) is 17.5. The van der Waals surface area contributed by atoms with Gasteiger partial charge in [-0.05, 0) is 62.5 Å². The highest BCUT2D eigenvalue weighted by Crippen LogP contribution is 2.30. The van der Waals surface area contributed by atoms with Crippen LogP contribution in [0.5, 0.6) is 0 Å². The van der Waals surface area contributed by atoms with Gasteiger partial charge >= 0.3 is 5.97 Å². The van der Waals surface area contributed by atoms with Gasteiger partial charge in [0.2, 0.25) is 0 Å². The van der Waals surface area contributed by atoms with Crippen LogP contribution in [0.4, 0.5) is 0 Å². The Morgan fingerprint density at radius 2 is 2.03 bits per heavy atom. The number of aromatic nitrogens is 2. The maximum absolute atomic E-state index is 11.7. The van der Waals surface area contributed by atoms with Crippen molar-refractivity contribution in [2.75, 3.05) is 19.7 Å². The molecule has 31 heavy (non-hydrogen) atoms. The van der Waals surface area contributed by atoms with Crippen molar-refractivity contribution in [1.29, 1.82) is 0 Å². The summed E-state index contributed by atoms with van der Waals surface area (Å²) in [5.74, 6) is 0.711. The number of hydrogen-bond acceptors (Lipinski definition) is 5. The van der Waals surface area contributed by atoms with E-state index in [-0.39, 0.29) is 17.5 Å². The molecule has 0 saturated carbocycles. The molecule has 1 aromatic heterocycles. The number of benzene rings is 1. The summed E-state index contributed by atoms with van der Waals surface area (Å²) in [6.45, 7) is 4.14. The Morgan fingerprint density at radius 3 is 2.71 bits per heavy atom.